The summed E-state index contributed by atoms with van der Waals surface area (Å²) in [5, 5.41) is 6.56. The van der Waals surface area contributed by atoms with Crippen LogP contribution in [0.3, 0.4) is 0 Å². The maximum absolute atomic E-state index is 13.5. The Morgan fingerprint density at radius 2 is 2.29 bits per heavy atom. The molecule has 0 aliphatic rings. The fourth-order valence-electron chi connectivity index (χ4n) is 2.31. The van der Waals surface area contributed by atoms with Gasteiger partial charge in [0.2, 0.25) is 0 Å². The SMILES string of the molecule is CC#Cc1c(CC(N)[C@H](C)F)sc2c(NCc3cccs3)snc12. The summed E-state index contributed by atoms with van der Waals surface area (Å²) < 4.78 is 19.1. The second-order valence-electron chi connectivity index (χ2n) is 5.44. The smallest absolute Gasteiger partial charge is 0.127 e. The number of halogens is 1. The molecule has 126 valence electrons. The van der Waals surface area contributed by atoms with Crippen LogP contribution in [0.1, 0.15) is 29.2 Å². The standard InChI is InChI=1S/C17H18FN3S3/c1-3-5-12-14(8-13(19)10(2)18)23-16-15(12)21-24-17(16)20-9-11-6-4-7-22-11/h4,6-7,10,13,20H,8-9,19H2,1-2H3/t10-,13?/m0/s1. The molecule has 0 saturated carbocycles. The summed E-state index contributed by atoms with van der Waals surface area (Å²) in [7, 11) is 0. The molecule has 3 aromatic heterocycles. The number of nitrogens with one attached hydrogen (secondary N) is 1. The van der Waals surface area contributed by atoms with Crippen LogP contribution in [0.15, 0.2) is 17.5 Å². The molecule has 0 aromatic carbocycles. The van der Waals surface area contributed by atoms with Crippen molar-refractivity contribution in [1.82, 2.24) is 4.37 Å². The van der Waals surface area contributed by atoms with Gasteiger partial charge in [-0.2, -0.15) is 4.37 Å². The molecule has 1 unspecified atom stereocenters. The van der Waals surface area contributed by atoms with Gasteiger partial charge in [-0.1, -0.05) is 12.0 Å². The maximum Gasteiger partial charge on any atom is 0.127 e. The van der Waals surface area contributed by atoms with Gasteiger partial charge in [-0.3, -0.25) is 0 Å². The lowest BCUT2D eigenvalue weighted by molar-refractivity contribution is 0.305. The molecule has 0 radical (unpaired) electrons. The Balaban J connectivity index is 1.91. The molecule has 0 saturated heterocycles. The van der Waals surface area contributed by atoms with Gasteiger partial charge in [-0.25, -0.2) is 4.39 Å². The van der Waals surface area contributed by atoms with E-state index in [9.17, 15) is 4.39 Å². The highest BCUT2D eigenvalue weighted by Crippen LogP contribution is 2.39. The topological polar surface area (TPSA) is 50.9 Å². The first kappa shape index (κ1) is 17.4. The van der Waals surface area contributed by atoms with Crippen LogP contribution in [0.4, 0.5) is 9.39 Å². The quantitative estimate of drug-likeness (QED) is 0.614. The largest absolute Gasteiger partial charge is 0.370 e. The number of fused-ring (bicyclic) bond motifs is 1. The predicted octanol–water partition coefficient (Wildman–Crippen LogP) is 4.63. The van der Waals surface area contributed by atoms with Gasteiger partial charge in [0.1, 0.15) is 16.7 Å². The Morgan fingerprint density at radius 3 is 2.96 bits per heavy atom. The van der Waals surface area contributed by atoms with E-state index >= 15 is 0 Å². The zero-order valence-electron chi connectivity index (χ0n) is 13.4. The third kappa shape index (κ3) is 3.62. The van der Waals surface area contributed by atoms with Crippen molar-refractivity contribution in [2.24, 2.45) is 5.73 Å². The minimum absolute atomic E-state index is 0.484. The fraction of sp³-hybridized carbons (Fsp3) is 0.353. The second-order valence-corrected chi connectivity index (χ2v) is 8.35. The lowest BCUT2D eigenvalue weighted by Crippen LogP contribution is -2.31. The minimum Gasteiger partial charge on any atom is -0.370 e. The van der Waals surface area contributed by atoms with Gasteiger partial charge in [0.15, 0.2) is 0 Å². The van der Waals surface area contributed by atoms with Gasteiger partial charge in [0.25, 0.3) is 0 Å². The molecular formula is C17H18FN3S3. The first-order chi connectivity index (χ1) is 11.6. The summed E-state index contributed by atoms with van der Waals surface area (Å²) in [5.74, 6) is 6.06. The monoisotopic (exact) mass is 379 g/mol. The Kier molecular flexibility index (Phi) is 5.51. The molecule has 0 aliphatic heterocycles. The van der Waals surface area contributed by atoms with Crippen LogP contribution in [-0.4, -0.2) is 16.6 Å². The number of thiophene rings is 2. The van der Waals surface area contributed by atoms with Gasteiger partial charge in [-0.15, -0.1) is 28.6 Å². The van der Waals surface area contributed by atoms with E-state index in [0.29, 0.717) is 6.42 Å². The second kappa shape index (κ2) is 7.62. The van der Waals surface area contributed by atoms with Gasteiger partial charge < -0.3 is 11.1 Å². The lowest BCUT2D eigenvalue weighted by Gasteiger charge is -2.11. The van der Waals surface area contributed by atoms with Crippen LogP contribution in [0.2, 0.25) is 0 Å². The van der Waals surface area contributed by atoms with Gasteiger partial charge in [-0.05, 0) is 36.8 Å². The zero-order chi connectivity index (χ0) is 17.1. The van der Waals surface area contributed by atoms with Crippen molar-refractivity contribution in [2.75, 3.05) is 5.32 Å². The molecule has 3 nitrogen and oxygen atoms in total. The van der Waals surface area contributed by atoms with Crippen molar-refractivity contribution in [3.8, 4) is 11.8 Å². The number of alkyl halides is 1. The third-order valence-corrected chi connectivity index (χ3v) is 6.68. The van der Waals surface area contributed by atoms with E-state index in [1.807, 2.05) is 6.07 Å². The molecule has 3 heterocycles. The van der Waals surface area contributed by atoms with E-state index in [4.69, 9.17) is 5.73 Å². The number of rotatable bonds is 6. The van der Waals surface area contributed by atoms with Crippen LogP contribution in [-0.2, 0) is 13.0 Å². The van der Waals surface area contributed by atoms with Crippen LogP contribution in [0.25, 0.3) is 10.2 Å². The van der Waals surface area contributed by atoms with E-state index in [2.05, 4.69) is 33.0 Å². The van der Waals surface area contributed by atoms with Crippen molar-refractivity contribution in [3.63, 3.8) is 0 Å². The average molecular weight is 380 g/mol. The maximum atomic E-state index is 13.5. The first-order valence-corrected chi connectivity index (χ1v) is 10.1. The highest BCUT2D eigenvalue weighted by Gasteiger charge is 2.21. The third-order valence-electron chi connectivity index (χ3n) is 3.65. The molecule has 3 N–H and O–H groups in total. The predicted molar refractivity (Wildman–Crippen MR) is 104 cm³/mol. The van der Waals surface area contributed by atoms with Crippen molar-refractivity contribution in [1.29, 1.82) is 0 Å². The Bertz CT molecular complexity index is 868. The molecule has 7 heteroatoms. The molecule has 0 amide bonds. The summed E-state index contributed by atoms with van der Waals surface area (Å²) in [6, 6.07) is 3.63. The number of nitrogens with zero attached hydrogens (tertiary/aromatic N) is 1. The normalized spacial score (nSPS) is 13.5. The first-order valence-electron chi connectivity index (χ1n) is 7.59. The van der Waals surface area contributed by atoms with Crippen LogP contribution < -0.4 is 11.1 Å². The van der Waals surface area contributed by atoms with Crippen LogP contribution in [0, 0.1) is 11.8 Å². The molecule has 0 bridgehead atoms. The Morgan fingerprint density at radius 1 is 1.46 bits per heavy atom. The van der Waals surface area contributed by atoms with E-state index in [-0.39, 0.29) is 0 Å². The fourth-order valence-corrected chi connectivity index (χ4v) is 5.11. The van der Waals surface area contributed by atoms with Gasteiger partial charge in [0.05, 0.1) is 16.8 Å². The molecule has 0 fully saturated rings. The van der Waals surface area contributed by atoms with Gasteiger partial charge in [0, 0.05) is 22.2 Å². The highest BCUT2D eigenvalue weighted by atomic mass is 32.1. The molecular weight excluding hydrogens is 361 g/mol. The van der Waals surface area contributed by atoms with E-state index < -0.39 is 12.2 Å². The summed E-state index contributed by atoms with van der Waals surface area (Å²) in [6.07, 6.45) is -0.561. The number of aromatic nitrogens is 1. The van der Waals surface area contributed by atoms with Gasteiger partial charge >= 0.3 is 0 Å². The molecule has 24 heavy (non-hydrogen) atoms. The van der Waals surface area contributed by atoms with Crippen molar-refractivity contribution < 1.29 is 4.39 Å². The zero-order valence-corrected chi connectivity index (χ0v) is 15.9. The Labute approximate surface area is 152 Å². The van der Waals surface area contributed by atoms with Crippen molar-refractivity contribution in [2.45, 2.75) is 39.0 Å². The summed E-state index contributed by atoms with van der Waals surface area (Å²) >= 11 is 4.79. The average Bonchev–Trinajstić information content (AvgIpc) is 3.25. The van der Waals surface area contributed by atoms with E-state index in [1.54, 1.807) is 29.6 Å². The molecule has 0 aliphatic carbocycles. The van der Waals surface area contributed by atoms with E-state index in [1.165, 1.54) is 23.3 Å². The lowest BCUT2D eigenvalue weighted by atomic mass is 10.1. The van der Waals surface area contributed by atoms with Crippen molar-refractivity contribution >= 4 is 49.4 Å². The van der Waals surface area contributed by atoms with Crippen molar-refractivity contribution in [3.05, 3.63) is 32.8 Å². The molecule has 0 spiro atoms. The molecule has 2 atom stereocenters. The van der Waals surface area contributed by atoms with Crippen LogP contribution >= 0.6 is 34.2 Å². The summed E-state index contributed by atoms with van der Waals surface area (Å²) in [4.78, 5) is 2.29. The number of hydrogen-bond donors (Lipinski definition) is 2. The van der Waals surface area contributed by atoms with E-state index in [0.717, 1.165) is 32.2 Å². The number of nitrogens with two attached hydrogens (primary N) is 1. The number of anilines is 1. The molecule has 3 aromatic rings. The molecule has 3 rings (SSSR count). The Hall–Kier alpha value is -1.46. The highest BCUT2D eigenvalue weighted by molar-refractivity contribution is 7.24. The summed E-state index contributed by atoms with van der Waals surface area (Å²) in [6.45, 7) is 4.07. The van der Waals surface area contributed by atoms with Crippen LogP contribution in [0.5, 0.6) is 0 Å². The summed E-state index contributed by atoms with van der Waals surface area (Å²) in [5.41, 5.74) is 7.72. The minimum atomic E-state index is -1.05. The number of hydrogen-bond acceptors (Lipinski definition) is 6.